The number of rotatable bonds is 3. The molecular weight excluding hydrogens is 387 g/mol. The van der Waals surface area contributed by atoms with Crippen LogP contribution in [0.25, 0.3) is 5.69 Å². The Hall–Kier alpha value is -2.42. The molecule has 2 heterocycles. The Labute approximate surface area is 156 Å². The molecule has 27 heavy (non-hydrogen) atoms. The Morgan fingerprint density at radius 3 is 2.41 bits per heavy atom. The fraction of sp³-hybridized carbons (Fsp3) is 0.412. The minimum absolute atomic E-state index is 0.0970. The summed E-state index contributed by atoms with van der Waals surface area (Å²) in [5, 5.41) is 9.69. The second-order valence-electron chi connectivity index (χ2n) is 6.41. The van der Waals surface area contributed by atoms with Crippen molar-refractivity contribution in [2.24, 2.45) is 5.92 Å². The Morgan fingerprint density at radius 2 is 1.89 bits per heavy atom. The van der Waals surface area contributed by atoms with Crippen molar-refractivity contribution in [2.75, 3.05) is 0 Å². The van der Waals surface area contributed by atoms with Gasteiger partial charge in [0.2, 0.25) is 0 Å². The lowest BCUT2D eigenvalue weighted by molar-refractivity contribution is -0.182. The third-order valence-corrected chi connectivity index (χ3v) is 4.92. The van der Waals surface area contributed by atoms with Crippen molar-refractivity contribution < 1.29 is 23.1 Å². The molecule has 1 aliphatic carbocycles. The van der Waals surface area contributed by atoms with E-state index in [1.165, 1.54) is 22.9 Å². The van der Waals surface area contributed by atoms with Gasteiger partial charge >= 0.3 is 12.1 Å². The lowest BCUT2D eigenvalue weighted by Gasteiger charge is -2.31. The maximum atomic E-state index is 12.9. The average Bonchev–Trinajstić information content (AvgIpc) is 2.61. The molecule has 1 N–H and O–H groups in total. The predicted molar refractivity (Wildman–Crippen MR) is 90.4 cm³/mol. The number of hydrogen-bond acceptors (Lipinski definition) is 4. The molecule has 0 aromatic carbocycles. The molecular formula is C17H15ClF3N3O3. The minimum Gasteiger partial charge on any atom is -0.477 e. The van der Waals surface area contributed by atoms with Gasteiger partial charge < -0.3 is 5.11 Å². The number of aromatic nitrogens is 3. The Balaban J connectivity index is 2.06. The molecule has 1 fully saturated rings. The van der Waals surface area contributed by atoms with Crippen LogP contribution in [0, 0.1) is 5.92 Å². The van der Waals surface area contributed by atoms with Crippen molar-refractivity contribution in [3.05, 3.63) is 51.4 Å². The predicted octanol–water partition coefficient (Wildman–Crippen LogP) is 3.82. The quantitative estimate of drug-likeness (QED) is 0.790. The molecule has 0 bridgehead atoms. The van der Waals surface area contributed by atoms with Gasteiger partial charge in [-0.05, 0) is 37.8 Å². The van der Waals surface area contributed by atoms with Crippen molar-refractivity contribution in [1.29, 1.82) is 0 Å². The smallest absolute Gasteiger partial charge is 0.391 e. The van der Waals surface area contributed by atoms with Gasteiger partial charge in [-0.3, -0.25) is 9.36 Å². The Kier molecular flexibility index (Phi) is 5.23. The van der Waals surface area contributed by atoms with Gasteiger partial charge in [-0.25, -0.2) is 9.78 Å². The number of aromatic carboxylic acids is 1. The number of nitrogens with zero attached hydrogens (tertiary/aromatic N) is 3. The van der Waals surface area contributed by atoms with Gasteiger partial charge in [0.25, 0.3) is 5.56 Å². The second kappa shape index (κ2) is 7.30. The van der Waals surface area contributed by atoms with Gasteiger partial charge in [0.1, 0.15) is 16.7 Å². The fourth-order valence-corrected chi connectivity index (χ4v) is 3.49. The second-order valence-corrected chi connectivity index (χ2v) is 6.79. The van der Waals surface area contributed by atoms with E-state index in [0.29, 0.717) is 5.69 Å². The van der Waals surface area contributed by atoms with E-state index in [2.05, 4.69) is 9.97 Å². The molecule has 3 rings (SSSR count). The van der Waals surface area contributed by atoms with Crippen LogP contribution in [-0.2, 0) is 0 Å². The molecule has 2 aromatic rings. The Morgan fingerprint density at radius 1 is 1.22 bits per heavy atom. The highest BCUT2D eigenvalue weighted by molar-refractivity contribution is 6.29. The van der Waals surface area contributed by atoms with Crippen LogP contribution < -0.4 is 5.56 Å². The van der Waals surface area contributed by atoms with Crippen molar-refractivity contribution in [3.8, 4) is 5.69 Å². The van der Waals surface area contributed by atoms with Crippen LogP contribution in [-0.4, -0.2) is 31.8 Å². The molecule has 6 nitrogen and oxygen atoms in total. The molecule has 10 heteroatoms. The number of carboxylic acids is 1. The van der Waals surface area contributed by atoms with Crippen LogP contribution in [0.1, 0.15) is 47.9 Å². The molecule has 0 amide bonds. The lowest BCUT2D eigenvalue weighted by atomic mass is 9.81. The summed E-state index contributed by atoms with van der Waals surface area (Å²) in [5.74, 6) is -3.08. The van der Waals surface area contributed by atoms with Gasteiger partial charge in [-0.15, -0.1) is 0 Å². The van der Waals surface area contributed by atoms with E-state index in [1.54, 1.807) is 0 Å². The van der Waals surface area contributed by atoms with E-state index in [0.717, 1.165) is 6.07 Å². The zero-order valence-electron chi connectivity index (χ0n) is 13.9. The first-order valence-corrected chi connectivity index (χ1v) is 8.60. The summed E-state index contributed by atoms with van der Waals surface area (Å²) in [5.41, 5.74) is -0.761. The molecule has 0 unspecified atom stereocenters. The van der Waals surface area contributed by atoms with Gasteiger partial charge in [0.05, 0.1) is 17.8 Å². The topological polar surface area (TPSA) is 85.1 Å². The maximum absolute atomic E-state index is 12.9. The first kappa shape index (κ1) is 19.3. The number of alkyl halides is 3. The number of carbonyl (C=O) groups is 1. The van der Waals surface area contributed by atoms with Crippen molar-refractivity contribution in [3.63, 3.8) is 0 Å². The van der Waals surface area contributed by atoms with E-state index in [-0.39, 0.29) is 42.4 Å². The summed E-state index contributed by atoms with van der Waals surface area (Å²) in [4.78, 5) is 31.4. The highest BCUT2D eigenvalue weighted by atomic mass is 35.5. The summed E-state index contributed by atoms with van der Waals surface area (Å²) in [6, 6.07) is 3.84. The largest absolute Gasteiger partial charge is 0.477 e. The van der Waals surface area contributed by atoms with Gasteiger partial charge in [-0.1, -0.05) is 11.6 Å². The molecule has 2 aromatic heterocycles. The summed E-state index contributed by atoms with van der Waals surface area (Å²) in [7, 11) is 0. The zero-order valence-corrected chi connectivity index (χ0v) is 14.7. The van der Waals surface area contributed by atoms with Crippen LogP contribution in [0.2, 0.25) is 5.15 Å². The summed E-state index contributed by atoms with van der Waals surface area (Å²) >= 11 is 5.77. The average molecular weight is 402 g/mol. The summed E-state index contributed by atoms with van der Waals surface area (Å²) in [6.45, 7) is 0. The minimum atomic E-state index is -4.26. The lowest BCUT2D eigenvalue weighted by Crippen LogP contribution is -2.30. The van der Waals surface area contributed by atoms with Gasteiger partial charge in [0, 0.05) is 12.0 Å². The number of carboxylic acid groups (broad SMARTS) is 1. The highest BCUT2D eigenvalue weighted by Gasteiger charge is 2.42. The van der Waals surface area contributed by atoms with Crippen molar-refractivity contribution >= 4 is 17.6 Å². The molecule has 0 spiro atoms. The van der Waals surface area contributed by atoms with Crippen molar-refractivity contribution in [1.82, 2.24) is 14.5 Å². The third-order valence-electron chi connectivity index (χ3n) is 4.70. The third kappa shape index (κ3) is 4.13. The van der Waals surface area contributed by atoms with Crippen LogP contribution in [0.15, 0.2) is 29.2 Å². The summed E-state index contributed by atoms with van der Waals surface area (Å²) in [6.07, 6.45) is -2.82. The number of pyridine rings is 1. The molecule has 0 radical (unpaired) electrons. The highest BCUT2D eigenvalue weighted by Crippen LogP contribution is 2.42. The first-order valence-electron chi connectivity index (χ1n) is 8.22. The van der Waals surface area contributed by atoms with E-state index >= 15 is 0 Å². The molecule has 0 atom stereocenters. The van der Waals surface area contributed by atoms with E-state index in [1.807, 2.05) is 0 Å². The molecule has 0 aliphatic heterocycles. The van der Waals surface area contributed by atoms with E-state index in [9.17, 15) is 27.9 Å². The van der Waals surface area contributed by atoms with Crippen LogP contribution in [0.3, 0.4) is 0 Å². The fourth-order valence-electron chi connectivity index (χ4n) is 3.38. The van der Waals surface area contributed by atoms with Crippen LogP contribution >= 0.6 is 11.6 Å². The van der Waals surface area contributed by atoms with Gasteiger partial charge in [-0.2, -0.15) is 18.2 Å². The maximum Gasteiger partial charge on any atom is 0.391 e. The molecule has 144 valence electrons. The first-order chi connectivity index (χ1) is 12.7. The van der Waals surface area contributed by atoms with Gasteiger partial charge in [0.15, 0.2) is 0 Å². The summed E-state index contributed by atoms with van der Waals surface area (Å²) < 4.78 is 40.0. The van der Waals surface area contributed by atoms with E-state index in [4.69, 9.17) is 11.6 Å². The van der Waals surface area contributed by atoms with Crippen LogP contribution in [0.4, 0.5) is 13.2 Å². The van der Waals surface area contributed by atoms with Crippen molar-refractivity contribution in [2.45, 2.75) is 37.8 Å². The number of hydrogen-bond donors (Lipinski definition) is 1. The Bertz CT molecular complexity index is 904. The monoisotopic (exact) mass is 401 g/mol. The van der Waals surface area contributed by atoms with Crippen LogP contribution in [0.5, 0.6) is 0 Å². The normalized spacial score (nSPS) is 20.4. The van der Waals surface area contributed by atoms with E-state index < -0.39 is 29.5 Å². The molecule has 0 saturated heterocycles. The molecule has 1 aliphatic rings. The zero-order chi connectivity index (χ0) is 19.8. The number of halogens is 4. The SMILES string of the molecule is O=C(O)c1cc(=O)nc([C@H]2CC[C@@H](C(F)(F)F)CC2)n1-c1ccc(Cl)nc1. The standard InChI is InChI=1S/C17H15ClF3N3O3/c18-13-6-5-11(8-22-13)24-12(16(26)27)7-14(25)23-15(24)9-1-3-10(4-2-9)17(19,20)21/h5-10H,1-4H2,(H,26,27)/t9-,10+. The molecule has 1 saturated carbocycles.